The average Bonchev–Trinajstić information content (AvgIpc) is 2.80. The molecule has 2 aliphatic rings. The number of hydrogen-bond donors (Lipinski definition) is 2. The summed E-state index contributed by atoms with van der Waals surface area (Å²) in [4.78, 5) is 2.19. The van der Waals surface area contributed by atoms with Crippen LogP contribution in [0.4, 0.5) is 4.39 Å². The van der Waals surface area contributed by atoms with Gasteiger partial charge in [-0.15, -0.1) is 6.58 Å². The van der Waals surface area contributed by atoms with Crippen molar-refractivity contribution in [1.29, 1.82) is 0 Å². The predicted octanol–water partition coefficient (Wildman–Crippen LogP) is 4.74. The van der Waals surface area contributed by atoms with Crippen molar-refractivity contribution in [3.63, 3.8) is 0 Å². The molecular weight excluding hydrogens is 336 g/mol. The molecule has 0 saturated carbocycles. The minimum absolute atomic E-state index is 0.0608. The fraction of sp³-hybridized carbons (Fsp3) is 0.545. The highest BCUT2D eigenvalue weighted by Gasteiger charge is 2.49. The standard InChI is InChI=1S/C18H25BFN.C4H10N2/c1-17(2)11-19(12-18(17,3)4)14-10-21(5)9-13-7-6-8-15(20)16(13)14;1-2-3-4-6-5/h6-8,10H,9,11-12H2,1-5H3;2,6H,1,3-5H2. The van der Waals surface area contributed by atoms with Gasteiger partial charge in [0.25, 0.3) is 0 Å². The molecule has 27 heavy (non-hydrogen) atoms. The van der Waals surface area contributed by atoms with Gasteiger partial charge >= 0.3 is 0 Å². The first-order valence-corrected chi connectivity index (χ1v) is 9.87. The van der Waals surface area contributed by atoms with Crippen molar-refractivity contribution in [3.8, 4) is 0 Å². The lowest BCUT2D eigenvalue weighted by atomic mass is 9.40. The number of nitrogens with one attached hydrogen (secondary N) is 1. The molecule has 0 aromatic heterocycles. The van der Waals surface area contributed by atoms with Crippen molar-refractivity contribution >= 4 is 12.2 Å². The first kappa shape index (κ1) is 21.7. The Labute approximate surface area is 164 Å². The van der Waals surface area contributed by atoms with E-state index < -0.39 is 0 Å². The molecule has 1 aromatic carbocycles. The number of benzene rings is 1. The van der Waals surface area contributed by atoms with Gasteiger partial charge in [0.15, 0.2) is 6.71 Å². The van der Waals surface area contributed by atoms with Crippen molar-refractivity contribution in [3.05, 3.63) is 54.0 Å². The normalized spacial score (nSPS) is 19.7. The summed E-state index contributed by atoms with van der Waals surface area (Å²) >= 11 is 0. The van der Waals surface area contributed by atoms with E-state index in [0.717, 1.165) is 43.3 Å². The van der Waals surface area contributed by atoms with Crippen LogP contribution in [0.5, 0.6) is 0 Å². The lowest BCUT2D eigenvalue weighted by molar-refractivity contribution is 0.177. The van der Waals surface area contributed by atoms with Crippen LogP contribution < -0.4 is 11.3 Å². The molecule has 1 saturated heterocycles. The van der Waals surface area contributed by atoms with E-state index in [0.29, 0.717) is 17.5 Å². The molecule has 0 unspecified atom stereocenters. The van der Waals surface area contributed by atoms with Gasteiger partial charge in [0.2, 0.25) is 0 Å². The second-order valence-electron chi connectivity index (χ2n) is 9.18. The highest BCUT2D eigenvalue weighted by molar-refractivity contribution is 6.80. The van der Waals surface area contributed by atoms with E-state index in [1.165, 1.54) is 5.47 Å². The Balaban J connectivity index is 0.000000380. The fourth-order valence-corrected chi connectivity index (χ4v) is 4.21. The van der Waals surface area contributed by atoms with Crippen LogP contribution in [0.3, 0.4) is 0 Å². The molecule has 2 heterocycles. The number of rotatable bonds is 4. The molecule has 1 fully saturated rings. The van der Waals surface area contributed by atoms with E-state index in [2.05, 4.69) is 63.9 Å². The van der Waals surface area contributed by atoms with E-state index in [9.17, 15) is 4.39 Å². The number of hydrogen-bond acceptors (Lipinski definition) is 3. The van der Waals surface area contributed by atoms with Gasteiger partial charge in [-0.05, 0) is 35.1 Å². The average molecular weight is 371 g/mol. The number of hydrazine groups is 1. The summed E-state index contributed by atoms with van der Waals surface area (Å²) in [7, 11) is 2.08. The van der Waals surface area contributed by atoms with Gasteiger partial charge in [-0.25, -0.2) is 4.39 Å². The van der Waals surface area contributed by atoms with Gasteiger partial charge in [0, 0.05) is 25.7 Å². The van der Waals surface area contributed by atoms with Crippen molar-refractivity contribution in [1.82, 2.24) is 10.3 Å². The Morgan fingerprint density at radius 1 is 1.26 bits per heavy atom. The molecular formula is C22H35BFN3. The van der Waals surface area contributed by atoms with Gasteiger partial charge < -0.3 is 4.90 Å². The molecule has 0 amide bonds. The molecule has 0 radical (unpaired) electrons. The molecule has 3 rings (SSSR count). The van der Waals surface area contributed by atoms with Crippen molar-refractivity contribution < 1.29 is 4.39 Å². The summed E-state index contributed by atoms with van der Waals surface area (Å²) in [5.41, 5.74) is 6.28. The molecule has 0 aliphatic carbocycles. The third-order valence-electron chi connectivity index (χ3n) is 6.45. The van der Waals surface area contributed by atoms with Gasteiger partial charge in [-0.3, -0.25) is 11.3 Å². The zero-order chi connectivity index (χ0) is 20.2. The highest BCUT2D eigenvalue weighted by atomic mass is 19.1. The summed E-state index contributed by atoms with van der Waals surface area (Å²) in [6.07, 6.45) is 7.20. The monoisotopic (exact) mass is 371 g/mol. The zero-order valence-corrected chi connectivity index (χ0v) is 17.6. The van der Waals surface area contributed by atoms with Gasteiger partial charge in [0.1, 0.15) is 5.82 Å². The minimum atomic E-state index is -0.0608. The molecule has 0 atom stereocenters. The van der Waals surface area contributed by atoms with Crippen molar-refractivity contribution in [2.45, 2.75) is 53.3 Å². The number of nitrogens with two attached hydrogens (primary N) is 1. The Morgan fingerprint density at radius 3 is 2.41 bits per heavy atom. The smallest absolute Gasteiger partial charge is 0.179 e. The third-order valence-corrected chi connectivity index (χ3v) is 6.45. The maximum atomic E-state index is 14.4. The van der Waals surface area contributed by atoms with Crippen LogP contribution in [0.25, 0.3) is 5.47 Å². The quantitative estimate of drug-likeness (QED) is 0.264. The van der Waals surface area contributed by atoms with Gasteiger partial charge in [0.05, 0.1) is 0 Å². The minimum Gasteiger partial charge on any atom is -0.377 e. The van der Waals surface area contributed by atoms with Crippen molar-refractivity contribution in [2.75, 3.05) is 13.6 Å². The molecule has 0 spiro atoms. The van der Waals surface area contributed by atoms with Crippen LogP contribution in [0.1, 0.15) is 45.2 Å². The summed E-state index contributed by atoms with van der Waals surface area (Å²) in [5.74, 6) is 4.86. The van der Waals surface area contributed by atoms with Crippen LogP contribution in [0.15, 0.2) is 37.1 Å². The Hall–Kier alpha value is -1.59. The van der Waals surface area contributed by atoms with Crippen molar-refractivity contribution in [2.24, 2.45) is 16.7 Å². The van der Waals surface area contributed by atoms with Crippen LogP contribution in [0, 0.1) is 16.6 Å². The number of halogens is 1. The molecule has 2 aliphatic heterocycles. The topological polar surface area (TPSA) is 41.3 Å². The Morgan fingerprint density at radius 2 is 1.89 bits per heavy atom. The maximum Gasteiger partial charge on any atom is 0.179 e. The van der Waals surface area contributed by atoms with Crippen LogP contribution in [-0.2, 0) is 6.54 Å². The van der Waals surface area contributed by atoms with Gasteiger partial charge in [-0.2, -0.15) is 0 Å². The first-order chi connectivity index (χ1) is 12.6. The molecule has 1 aromatic rings. The highest BCUT2D eigenvalue weighted by Crippen LogP contribution is 2.55. The second kappa shape index (κ2) is 8.62. The molecule has 0 bridgehead atoms. The summed E-state index contributed by atoms with van der Waals surface area (Å²) in [6.45, 7) is 15.0. The van der Waals surface area contributed by atoms with E-state index in [1.807, 2.05) is 12.1 Å². The molecule has 3 N–H and O–H groups in total. The van der Waals surface area contributed by atoms with E-state index in [-0.39, 0.29) is 5.82 Å². The Bertz CT molecular complexity index is 681. The third kappa shape index (κ3) is 4.83. The largest absolute Gasteiger partial charge is 0.377 e. The zero-order valence-electron chi connectivity index (χ0n) is 17.6. The fourth-order valence-electron chi connectivity index (χ4n) is 4.21. The van der Waals surface area contributed by atoms with Gasteiger partial charge in [-0.1, -0.05) is 64.0 Å². The summed E-state index contributed by atoms with van der Waals surface area (Å²) < 4.78 is 14.4. The van der Waals surface area contributed by atoms with E-state index >= 15 is 0 Å². The summed E-state index contributed by atoms with van der Waals surface area (Å²) in [6, 6.07) is 5.49. The summed E-state index contributed by atoms with van der Waals surface area (Å²) in [5, 5.41) is 0. The Kier molecular flexibility index (Phi) is 6.93. The maximum absolute atomic E-state index is 14.4. The second-order valence-corrected chi connectivity index (χ2v) is 9.18. The SMILES string of the molecule is C=CCCNN.CN1C=C(B2CC(C)(C)C(C)(C)C2)c2c(F)cccc2C1. The predicted molar refractivity (Wildman–Crippen MR) is 116 cm³/mol. The first-order valence-electron chi connectivity index (χ1n) is 9.87. The lowest BCUT2D eigenvalue weighted by Crippen LogP contribution is -2.24. The lowest BCUT2D eigenvalue weighted by Gasteiger charge is -2.35. The van der Waals surface area contributed by atoms with E-state index in [1.54, 1.807) is 6.07 Å². The van der Waals surface area contributed by atoms with E-state index in [4.69, 9.17) is 5.84 Å². The number of nitrogens with zero attached hydrogens (tertiary/aromatic N) is 1. The molecule has 3 nitrogen and oxygen atoms in total. The molecule has 5 heteroatoms. The van der Waals surface area contributed by atoms with Crippen LogP contribution >= 0.6 is 0 Å². The van der Waals surface area contributed by atoms with Crippen LogP contribution in [-0.4, -0.2) is 25.2 Å². The van der Waals surface area contributed by atoms with Crippen LogP contribution in [0.2, 0.25) is 12.6 Å². The number of fused-ring (bicyclic) bond motifs is 1. The molecule has 148 valence electrons.